The highest BCUT2D eigenvalue weighted by Gasteiger charge is 2.20. The van der Waals surface area contributed by atoms with Crippen molar-refractivity contribution in [3.63, 3.8) is 0 Å². The summed E-state index contributed by atoms with van der Waals surface area (Å²) >= 11 is 0. The van der Waals surface area contributed by atoms with Crippen molar-refractivity contribution in [2.24, 2.45) is 13.0 Å². The van der Waals surface area contributed by atoms with Gasteiger partial charge in [-0.1, -0.05) is 0 Å². The maximum Gasteiger partial charge on any atom is 0.211 e. The summed E-state index contributed by atoms with van der Waals surface area (Å²) < 4.78 is 28.3. The lowest BCUT2D eigenvalue weighted by Gasteiger charge is -2.22. The number of aromatic nitrogens is 2. The van der Waals surface area contributed by atoms with Crippen molar-refractivity contribution in [3.8, 4) is 0 Å². The Hall–Kier alpha value is -0.920. The Labute approximate surface area is 114 Å². The second kappa shape index (κ2) is 6.49. The van der Waals surface area contributed by atoms with E-state index in [2.05, 4.69) is 15.1 Å². The first-order valence-corrected chi connectivity index (χ1v) is 8.37. The molecule has 1 aromatic rings. The molecule has 2 rings (SSSR count). The Bertz CT molecular complexity index is 492. The van der Waals surface area contributed by atoms with Crippen LogP contribution in [-0.2, 0) is 23.5 Å². The summed E-state index contributed by atoms with van der Waals surface area (Å²) in [7, 11) is -1.31. The predicted molar refractivity (Wildman–Crippen MR) is 74.3 cm³/mol. The number of piperidine rings is 1. The van der Waals surface area contributed by atoms with Gasteiger partial charge in [0, 0.05) is 31.9 Å². The lowest BCUT2D eigenvalue weighted by molar-refractivity contribution is 0.403. The van der Waals surface area contributed by atoms with E-state index in [1.165, 1.54) is 0 Å². The fourth-order valence-electron chi connectivity index (χ4n) is 2.42. The van der Waals surface area contributed by atoms with E-state index in [0.717, 1.165) is 31.6 Å². The first kappa shape index (κ1) is 14.5. The van der Waals surface area contributed by atoms with Gasteiger partial charge in [-0.25, -0.2) is 13.1 Å². The number of nitrogens with zero attached hydrogens (tertiary/aromatic N) is 2. The predicted octanol–water partition coefficient (Wildman–Crippen LogP) is -0.118. The van der Waals surface area contributed by atoms with Gasteiger partial charge in [0.25, 0.3) is 0 Å². The lowest BCUT2D eigenvalue weighted by atomic mass is 10.0. The molecule has 2 heterocycles. The molecule has 108 valence electrons. The molecular weight excluding hydrogens is 264 g/mol. The van der Waals surface area contributed by atoms with E-state index < -0.39 is 10.0 Å². The van der Waals surface area contributed by atoms with Crippen LogP contribution >= 0.6 is 0 Å². The van der Waals surface area contributed by atoms with E-state index in [1.807, 2.05) is 13.1 Å². The number of sulfonamides is 1. The van der Waals surface area contributed by atoms with Crippen molar-refractivity contribution >= 4 is 10.0 Å². The Balaban J connectivity index is 1.76. The second-order valence-electron chi connectivity index (χ2n) is 5.08. The van der Waals surface area contributed by atoms with Gasteiger partial charge in [-0.2, -0.15) is 5.10 Å². The standard InChI is InChI=1S/C12H22N4O2S/c1-16-12(4-7-14-16)5-8-15-19(17,18)10-11-3-2-6-13-9-11/h4,7,11,13,15H,2-3,5-6,8-10H2,1H3. The molecule has 7 heteroatoms. The first-order valence-electron chi connectivity index (χ1n) is 6.72. The van der Waals surface area contributed by atoms with Crippen molar-refractivity contribution < 1.29 is 8.42 Å². The normalized spacial score (nSPS) is 20.6. The van der Waals surface area contributed by atoms with Crippen LogP contribution in [0.15, 0.2) is 12.3 Å². The molecule has 0 radical (unpaired) electrons. The van der Waals surface area contributed by atoms with E-state index in [4.69, 9.17) is 0 Å². The summed E-state index contributed by atoms with van der Waals surface area (Å²) in [5.41, 5.74) is 1.03. The van der Waals surface area contributed by atoms with Crippen LogP contribution in [0.2, 0.25) is 0 Å². The van der Waals surface area contributed by atoms with Crippen LogP contribution in [0.3, 0.4) is 0 Å². The first-order chi connectivity index (χ1) is 9.07. The highest BCUT2D eigenvalue weighted by Crippen LogP contribution is 2.11. The Morgan fingerprint density at radius 1 is 1.58 bits per heavy atom. The maximum absolute atomic E-state index is 12.0. The molecule has 0 spiro atoms. The molecule has 1 aliphatic rings. The quantitative estimate of drug-likeness (QED) is 0.764. The Kier molecular flexibility index (Phi) is 4.95. The topological polar surface area (TPSA) is 76.0 Å². The third-order valence-corrected chi connectivity index (χ3v) is 5.03. The van der Waals surface area contributed by atoms with Gasteiger partial charge in [-0.05, 0) is 37.9 Å². The van der Waals surface area contributed by atoms with Crippen molar-refractivity contribution in [3.05, 3.63) is 18.0 Å². The minimum absolute atomic E-state index is 0.228. The van der Waals surface area contributed by atoms with Crippen molar-refractivity contribution in [2.45, 2.75) is 19.3 Å². The number of rotatable bonds is 6. The van der Waals surface area contributed by atoms with Crippen LogP contribution in [0.1, 0.15) is 18.5 Å². The zero-order chi connectivity index (χ0) is 13.7. The molecule has 0 saturated carbocycles. The van der Waals surface area contributed by atoms with E-state index in [-0.39, 0.29) is 11.7 Å². The summed E-state index contributed by atoms with van der Waals surface area (Å²) in [6.07, 6.45) is 4.45. The molecule has 1 aliphatic heterocycles. The van der Waals surface area contributed by atoms with Gasteiger partial charge in [-0.15, -0.1) is 0 Å². The summed E-state index contributed by atoms with van der Waals surface area (Å²) in [6, 6.07) is 1.90. The highest BCUT2D eigenvalue weighted by molar-refractivity contribution is 7.89. The molecule has 19 heavy (non-hydrogen) atoms. The van der Waals surface area contributed by atoms with Gasteiger partial charge in [0.05, 0.1) is 5.75 Å². The smallest absolute Gasteiger partial charge is 0.211 e. The lowest BCUT2D eigenvalue weighted by Crippen LogP contribution is -2.38. The van der Waals surface area contributed by atoms with Gasteiger partial charge >= 0.3 is 0 Å². The third-order valence-electron chi connectivity index (χ3n) is 3.48. The largest absolute Gasteiger partial charge is 0.316 e. The van der Waals surface area contributed by atoms with Gasteiger partial charge in [0.15, 0.2) is 0 Å². The minimum atomic E-state index is -3.17. The number of hydrogen-bond acceptors (Lipinski definition) is 4. The van der Waals surface area contributed by atoms with Crippen molar-refractivity contribution in [2.75, 3.05) is 25.4 Å². The molecule has 1 atom stereocenters. The van der Waals surface area contributed by atoms with Gasteiger partial charge in [0.2, 0.25) is 10.0 Å². The SMILES string of the molecule is Cn1nccc1CCNS(=O)(=O)CC1CCCNC1. The van der Waals surface area contributed by atoms with E-state index >= 15 is 0 Å². The van der Waals surface area contributed by atoms with Crippen LogP contribution in [-0.4, -0.2) is 43.6 Å². The molecule has 2 N–H and O–H groups in total. The van der Waals surface area contributed by atoms with Gasteiger partial charge in [0.1, 0.15) is 0 Å². The molecule has 0 amide bonds. The number of hydrogen-bond donors (Lipinski definition) is 2. The van der Waals surface area contributed by atoms with Crippen molar-refractivity contribution in [1.29, 1.82) is 0 Å². The van der Waals surface area contributed by atoms with Gasteiger partial charge < -0.3 is 5.32 Å². The van der Waals surface area contributed by atoms with Crippen LogP contribution in [0.5, 0.6) is 0 Å². The van der Waals surface area contributed by atoms with Gasteiger partial charge in [-0.3, -0.25) is 4.68 Å². The maximum atomic E-state index is 12.0. The van der Waals surface area contributed by atoms with Crippen molar-refractivity contribution in [1.82, 2.24) is 19.8 Å². The molecule has 6 nitrogen and oxygen atoms in total. The fourth-order valence-corrected chi connectivity index (χ4v) is 3.85. The monoisotopic (exact) mass is 286 g/mol. The fraction of sp³-hybridized carbons (Fsp3) is 0.750. The van der Waals surface area contributed by atoms with E-state index in [1.54, 1.807) is 10.9 Å². The average molecular weight is 286 g/mol. The van der Waals surface area contributed by atoms with Crippen LogP contribution < -0.4 is 10.0 Å². The van der Waals surface area contributed by atoms with E-state index in [0.29, 0.717) is 13.0 Å². The summed E-state index contributed by atoms with van der Waals surface area (Å²) in [4.78, 5) is 0. The molecule has 1 saturated heterocycles. The van der Waals surface area contributed by atoms with Crippen LogP contribution in [0.25, 0.3) is 0 Å². The molecule has 1 aromatic heterocycles. The molecule has 0 aromatic carbocycles. The zero-order valence-electron chi connectivity index (χ0n) is 11.3. The molecule has 1 fully saturated rings. The summed E-state index contributed by atoms with van der Waals surface area (Å²) in [5, 5.41) is 7.30. The average Bonchev–Trinajstić information content (AvgIpc) is 2.76. The Morgan fingerprint density at radius 3 is 3.05 bits per heavy atom. The Morgan fingerprint density at radius 2 is 2.42 bits per heavy atom. The summed E-state index contributed by atoms with van der Waals surface area (Å²) in [5.74, 6) is 0.466. The number of aryl methyl sites for hydroxylation is 1. The van der Waals surface area contributed by atoms with Crippen LogP contribution in [0, 0.1) is 5.92 Å². The molecule has 0 bridgehead atoms. The highest BCUT2D eigenvalue weighted by atomic mass is 32.2. The summed E-state index contributed by atoms with van der Waals surface area (Å²) in [6.45, 7) is 2.25. The molecular formula is C12H22N4O2S. The molecule has 0 aliphatic carbocycles. The minimum Gasteiger partial charge on any atom is -0.316 e. The second-order valence-corrected chi connectivity index (χ2v) is 6.94. The number of nitrogens with one attached hydrogen (secondary N) is 2. The third kappa shape index (κ3) is 4.59. The van der Waals surface area contributed by atoms with E-state index in [9.17, 15) is 8.42 Å². The van der Waals surface area contributed by atoms with Crippen LogP contribution in [0.4, 0.5) is 0 Å². The molecule has 1 unspecified atom stereocenters. The zero-order valence-corrected chi connectivity index (χ0v) is 12.1.